The smallest absolute Gasteiger partial charge is 0.176 e. The first-order chi connectivity index (χ1) is 12.3. The molecule has 1 N–H and O–H groups in total. The van der Waals surface area contributed by atoms with Gasteiger partial charge in [-0.15, -0.1) is 0 Å². The highest BCUT2D eigenvalue weighted by molar-refractivity contribution is 5.44. The maximum absolute atomic E-state index is 11.4. The summed E-state index contributed by atoms with van der Waals surface area (Å²) in [4.78, 5) is 2.56. The third-order valence-corrected chi connectivity index (χ3v) is 5.76. The van der Waals surface area contributed by atoms with E-state index in [1.165, 1.54) is 32.1 Å². The van der Waals surface area contributed by atoms with E-state index in [0.29, 0.717) is 12.1 Å². The summed E-state index contributed by atoms with van der Waals surface area (Å²) in [6.45, 7) is 0.761. The van der Waals surface area contributed by atoms with E-state index >= 15 is 0 Å². The van der Waals surface area contributed by atoms with Crippen LogP contribution >= 0.6 is 0 Å². The topological polar surface area (TPSA) is 23.5 Å². The summed E-state index contributed by atoms with van der Waals surface area (Å²) in [5.74, 6) is 6.53. The third kappa shape index (κ3) is 3.23. The van der Waals surface area contributed by atoms with Crippen LogP contribution in [-0.4, -0.2) is 28.6 Å². The molecular weight excluding hydrogens is 306 g/mol. The van der Waals surface area contributed by atoms with Crippen LogP contribution in [0, 0.1) is 11.8 Å². The van der Waals surface area contributed by atoms with Crippen LogP contribution in [0.5, 0.6) is 0 Å². The number of benzene rings is 2. The molecule has 2 nitrogen and oxygen atoms in total. The molecular formula is C23H25NO. The fraction of sp³-hybridized carbons (Fsp3) is 0.391. The highest BCUT2D eigenvalue weighted by Crippen LogP contribution is 2.35. The second-order valence-electron chi connectivity index (χ2n) is 7.23. The average molecular weight is 331 g/mol. The van der Waals surface area contributed by atoms with Crippen molar-refractivity contribution in [3.05, 3.63) is 71.8 Å². The van der Waals surface area contributed by atoms with Crippen molar-refractivity contribution < 1.29 is 5.11 Å². The van der Waals surface area contributed by atoms with Crippen molar-refractivity contribution in [2.75, 3.05) is 6.54 Å². The van der Waals surface area contributed by atoms with Crippen molar-refractivity contribution in [3.63, 3.8) is 0 Å². The minimum atomic E-state index is -1.25. The Balaban J connectivity index is 1.62. The molecule has 2 atom stereocenters. The minimum absolute atomic E-state index is 0.703. The Morgan fingerprint density at radius 2 is 1.36 bits per heavy atom. The molecule has 2 heterocycles. The maximum atomic E-state index is 11.4. The maximum Gasteiger partial charge on any atom is 0.176 e. The quantitative estimate of drug-likeness (QED) is 0.861. The van der Waals surface area contributed by atoms with Crippen LogP contribution in [0.3, 0.4) is 0 Å². The summed E-state index contributed by atoms with van der Waals surface area (Å²) in [5, 5.41) is 11.4. The van der Waals surface area contributed by atoms with Crippen LogP contribution < -0.4 is 0 Å². The second kappa shape index (κ2) is 7.04. The molecule has 0 aromatic heterocycles. The van der Waals surface area contributed by atoms with Crippen LogP contribution in [0.1, 0.15) is 43.2 Å². The van der Waals surface area contributed by atoms with E-state index in [-0.39, 0.29) is 0 Å². The van der Waals surface area contributed by atoms with Crippen molar-refractivity contribution >= 4 is 0 Å². The van der Waals surface area contributed by atoms with Gasteiger partial charge in [-0.25, -0.2) is 0 Å². The van der Waals surface area contributed by atoms with E-state index in [0.717, 1.165) is 17.7 Å². The summed E-state index contributed by atoms with van der Waals surface area (Å²) in [7, 11) is 0. The van der Waals surface area contributed by atoms with E-state index in [2.05, 4.69) is 16.7 Å². The van der Waals surface area contributed by atoms with Gasteiger partial charge in [0, 0.05) is 23.2 Å². The Bertz CT molecular complexity index is 703. The molecule has 0 spiro atoms. The molecule has 0 aliphatic carbocycles. The highest BCUT2D eigenvalue weighted by Gasteiger charge is 2.36. The second-order valence-corrected chi connectivity index (χ2v) is 7.23. The van der Waals surface area contributed by atoms with Crippen molar-refractivity contribution in [1.29, 1.82) is 0 Å². The van der Waals surface area contributed by atoms with Crippen LogP contribution in [0.25, 0.3) is 0 Å². The lowest BCUT2D eigenvalue weighted by Gasteiger charge is -2.33. The average Bonchev–Trinajstić information content (AvgIpc) is 2.90. The number of hydrogen-bond donors (Lipinski definition) is 1. The van der Waals surface area contributed by atoms with Crippen molar-refractivity contribution in [2.45, 2.75) is 49.8 Å². The van der Waals surface area contributed by atoms with E-state index < -0.39 is 5.60 Å². The highest BCUT2D eigenvalue weighted by atomic mass is 16.3. The predicted molar refractivity (Wildman–Crippen MR) is 101 cm³/mol. The van der Waals surface area contributed by atoms with Gasteiger partial charge in [0.15, 0.2) is 5.60 Å². The van der Waals surface area contributed by atoms with Crippen LogP contribution in [-0.2, 0) is 5.60 Å². The molecule has 0 radical (unpaired) electrons. The van der Waals surface area contributed by atoms with E-state index in [1.807, 2.05) is 60.7 Å². The summed E-state index contributed by atoms with van der Waals surface area (Å²) in [5.41, 5.74) is 0.405. The van der Waals surface area contributed by atoms with Crippen LogP contribution in [0.4, 0.5) is 0 Å². The first-order valence-electron chi connectivity index (χ1n) is 9.36. The summed E-state index contributed by atoms with van der Waals surface area (Å²) in [6.07, 6.45) is 6.60. The molecule has 2 bridgehead atoms. The Morgan fingerprint density at radius 1 is 0.840 bits per heavy atom. The van der Waals surface area contributed by atoms with Gasteiger partial charge in [0.25, 0.3) is 0 Å². The molecule has 4 rings (SSSR count). The molecule has 2 aliphatic rings. The lowest BCUT2D eigenvalue weighted by Crippen LogP contribution is -2.39. The minimum Gasteiger partial charge on any atom is -0.369 e. The Hall–Kier alpha value is -2.08. The zero-order valence-electron chi connectivity index (χ0n) is 14.6. The fourth-order valence-corrected chi connectivity index (χ4v) is 4.41. The molecule has 2 aliphatic heterocycles. The Kier molecular flexibility index (Phi) is 4.61. The number of rotatable bonds is 3. The van der Waals surface area contributed by atoms with Gasteiger partial charge >= 0.3 is 0 Å². The SMILES string of the molecule is OC(C#CCN1[C@H]2CCC[C@H]1CC2)(c1ccccc1)c1ccccc1. The molecule has 0 saturated carbocycles. The molecule has 2 aromatic rings. The van der Waals surface area contributed by atoms with Crippen molar-refractivity contribution in [3.8, 4) is 11.8 Å². The molecule has 2 aromatic carbocycles. The summed E-state index contributed by atoms with van der Waals surface area (Å²) in [6, 6.07) is 21.0. The van der Waals surface area contributed by atoms with Gasteiger partial charge in [0.2, 0.25) is 0 Å². The first-order valence-corrected chi connectivity index (χ1v) is 9.36. The van der Waals surface area contributed by atoms with Crippen LogP contribution in [0.15, 0.2) is 60.7 Å². The van der Waals surface area contributed by atoms with Crippen LogP contribution in [0.2, 0.25) is 0 Å². The molecule has 0 unspecified atom stereocenters. The predicted octanol–water partition coefficient (Wildman–Crippen LogP) is 3.94. The van der Waals surface area contributed by atoms with E-state index in [9.17, 15) is 5.11 Å². The molecule has 25 heavy (non-hydrogen) atoms. The third-order valence-electron chi connectivity index (χ3n) is 5.76. The molecule has 2 saturated heterocycles. The normalized spacial score (nSPS) is 23.1. The summed E-state index contributed by atoms with van der Waals surface area (Å²) < 4.78 is 0. The largest absolute Gasteiger partial charge is 0.369 e. The monoisotopic (exact) mass is 331 g/mol. The molecule has 2 heteroatoms. The fourth-order valence-electron chi connectivity index (χ4n) is 4.41. The molecule has 0 amide bonds. The van der Waals surface area contributed by atoms with Gasteiger partial charge in [0.1, 0.15) is 0 Å². The van der Waals surface area contributed by atoms with E-state index in [4.69, 9.17) is 0 Å². The Labute approximate surface area is 150 Å². The number of hydrogen-bond acceptors (Lipinski definition) is 2. The van der Waals surface area contributed by atoms with Crippen molar-refractivity contribution in [2.24, 2.45) is 0 Å². The first kappa shape index (κ1) is 16.4. The lowest BCUT2D eigenvalue weighted by molar-refractivity contribution is 0.143. The van der Waals surface area contributed by atoms with E-state index in [1.54, 1.807) is 0 Å². The van der Waals surface area contributed by atoms with Gasteiger partial charge in [-0.1, -0.05) is 78.9 Å². The molecule has 2 fully saturated rings. The Morgan fingerprint density at radius 3 is 1.88 bits per heavy atom. The lowest BCUT2D eigenvalue weighted by atomic mass is 9.87. The summed E-state index contributed by atoms with van der Waals surface area (Å²) >= 11 is 0. The number of aliphatic hydroxyl groups is 1. The molecule has 128 valence electrons. The number of fused-ring (bicyclic) bond motifs is 2. The van der Waals surface area contributed by atoms with Gasteiger partial charge in [0.05, 0.1) is 6.54 Å². The van der Waals surface area contributed by atoms with Crippen molar-refractivity contribution in [1.82, 2.24) is 4.90 Å². The van der Waals surface area contributed by atoms with Gasteiger partial charge in [-0.2, -0.15) is 0 Å². The number of nitrogens with zero attached hydrogens (tertiary/aromatic N) is 1. The van der Waals surface area contributed by atoms with Gasteiger partial charge in [-0.05, 0) is 25.7 Å². The van der Waals surface area contributed by atoms with Gasteiger partial charge < -0.3 is 5.11 Å². The zero-order valence-corrected chi connectivity index (χ0v) is 14.6. The zero-order chi connectivity index (χ0) is 17.1. The number of piperidine rings is 1. The standard InChI is InChI=1S/C23H25NO/c25-23(19-9-3-1-4-10-19,20-11-5-2-6-12-20)17-8-18-24-21-13-7-14-22(24)16-15-21/h1-6,9-12,21-22,25H,7,13-16,18H2/t21-,22-/m0/s1. The van der Waals surface area contributed by atoms with Gasteiger partial charge in [-0.3, -0.25) is 4.90 Å².